The number of hydrogen-bond donors (Lipinski definition) is 5. The maximum atomic E-state index is 13.3. The van der Waals surface area contributed by atoms with Crippen LogP contribution in [-0.2, 0) is 17.5 Å². The monoisotopic (exact) mass is 538 g/mol. The van der Waals surface area contributed by atoms with Gasteiger partial charge in [0, 0.05) is 5.02 Å². The number of carbonyl (C=O) groups is 2. The van der Waals surface area contributed by atoms with E-state index in [0.717, 1.165) is 12.1 Å². The highest BCUT2D eigenvalue weighted by atomic mass is 35.5. The highest BCUT2D eigenvalue weighted by Gasteiger charge is 2.51. The summed E-state index contributed by atoms with van der Waals surface area (Å²) in [6.45, 7) is -0.0201. The third-order valence-corrected chi connectivity index (χ3v) is 5.52. The summed E-state index contributed by atoms with van der Waals surface area (Å²) in [7, 11) is 0. The van der Waals surface area contributed by atoms with Crippen LogP contribution in [-0.4, -0.2) is 32.5 Å². The Bertz CT molecular complexity index is 1420. The van der Waals surface area contributed by atoms with Crippen molar-refractivity contribution in [2.45, 2.75) is 31.1 Å². The van der Waals surface area contributed by atoms with Crippen LogP contribution in [0.3, 0.4) is 0 Å². The van der Waals surface area contributed by atoms with Gasteiger partial charge in [0.2, 0.25) is 11.8 Å². The molecule has 0 saturated heterocycles. The van der Waals surface area contributed by atoms with Crippen LogP contribution in [0.4, 0.5) is 29.3 Å². The molecular weight excluding hydrogens is 521 g/mol. The Balaban J connectivity index is 1.33. The lowest BCUT2D eigenvalue weighted by Gasteiger charge is -2.17. The largest absolute Gasteiger partial charge is 0.418 e. The average molecular weight is 539 g/mol. The minimum absolute atomic E-state index is 0.0201. The van der Waals surface area contributed by atoms with Crippen LogP contribution in [0, 0.1) is 0 Å². The molecule has 3 aromatic rings. The number of aromatic amines is 2. The standard InChI is InChI=1S/C22H18ClF3N6O5/c23-11-1-4-15(14(7-11)22(24,25)26)29-13-3-2-12(27-10-13)9-28-18(34)21(5-6-21)32-20(36)37-17-8-16(33)30-19(35)31-17/h1-4,7-8,10,29H,5-6,9H2,(H,28,34)(H,32,36)(H2,30,31,33,35). The minimum Gasteiger partial charge on any atom is -0.393 e. The summed E-state index contributed by atoms with van der Waals surface area (Å²) < 4.78 is 44.7. The number of aromatic nitrogens is 3. The fourth-order valence-electron chi connectivity index (χ4n) is 3.31. The summed E-state index contributed by atoms with van der Waals surface area (Å²) in [6.07, 6.45) is -3.68. The van der Waals surface area contributed by atoms with E-state index in [9.17, 15) is 32.3 Å². The SMILES string of the molecule is O=C(NC1(C(=O)NCc2ccc(Nc3ccc(Cl)cc3C(F)(F)F)cn2)CC1)Oc1cc(=O)[nH]c(=O)[nH]1. The smallest absolute Gasteiger partial charge is 0.393 e. The van der Waals surface area contributed by atoms with Gasteiger partial charge in [-0.2, -0.15) is 13.2 Å². The van der Waals surface area contributed by atoms with Crippen molar-refractivity contribution in [3.05, 3.63) is 79.7 Å². The number of nitrogens with zero attached hydrogens (tertiary/aromatic N) is 1. The maximum Gasteiger partial charge on any atom is 0.418 e. The van der Waals surface area contributed by atoms with Crippen molar-refractivity contribution in [3.8, 4) is 5.88 Å². The first-order valence-electron chi connectivity index (χ1n) is 10.6. The van der Waals surface area contributed by atoms with Crippen LogP contribution in [0.2, 0.25) is 5.02 Å². The van der Waals surface area contributed by atoms with Crippen molar-refractivity contribution >= 4 is 35.0 Å². The molecule has 2 heterocycles. The Morgan fingerprint density at radius 1 is 1.11 bits per heavy atom. The summed E-state index contributed by atoms with van der Waals surface area (Å²) in [5.41, 5.74) is -3.29. The van der Waals surface area contributed by atoms with Crippen molar-refractivity contribution in [1.29, 1.82) is 0 Å². The predicted octanol–water partition coefficient (Wildman–Crippen LogP) is 2.81. The molecule has 1 aliphatic carbocycles. The van der Waals surface area contributed by atoms with E-state index < -0.39 is 40.5 Å². The minimum atomic E-state index is -4.61. The molecule has 0 unspecified atom stereocenters. The van der Waals surface area contributed by atoms with Crippen molar-refractivity contribution < 1.29 is 27.5 Å². The van der Waals surface area contributed by atoms with Crippen LogP contribution in [0.25, 0.3) is 0 Å². The van der Waals surface area contributed by atoms with Crippen LogP contribution < -0.4 is 31.9 Å². The Morgan fingerprint density at radius 3 is 2.49 bits per heavy atom. The van der Waals surface area contributed by atoms with Crippen LogP contribution in [0.5, 0.6) is 5.88 Å². The second kappa shape index (κ2) is 9.97. The first-order chi connectivity index (χ1) is 17.4. The number of anilines is 2. The van der Waals surface area contributed by atoms with Gasteiger partial charge in [0.25, 0.3) is 5.56 Å². The molecule has 0 spiro atoms. The van der Waals surface area contributed by atoms with Gasteiger partial charge >= 0.3 is 18.0 Å². The van der Waals surface area contributed by atoms with E-state index in [1.807, 2.05) is 4.98 Å². The number of ether oxygens (including phenoxy) is 1. The van der Waals surface area contributed by atoms with Gasteiger partial charge in [0.15, 0.2) is 0 Å². The Morgan fingerprint density at radius 2 is 1.86 bits per heavy atom. The summed E-state index contributed by atoms with van der Waals surface area (Å²) in [5.74, 6) is -0.898. The van der Waals surface area contributed by atoms with Gasteiger partial charge in [-0.15, -0.1) is 0 Å². The molecule has 11 nitrogen and oxygen atoms in total. The Labute approximate surface area is 210 Å². The molecule has 15 heteroatoms. The molecule has 0 aliphatic heterocycles. The van der Waals surface area contributed by atoms with Gasteiger partial charge in [-0.1, -0.05) is 11.6 Å². The van der Waals surface area contributed by atoms with Crippen molar-refractivity contribution in [2.75, 3.05) is 5.32 Å². The summed E-state index contributed by atoms with van der Waals surface area (Å²) in [6, 6.07) is 7.22. The molecule has 194 valence electrons. The highest BCUT2D eigenvalue weighted by Crippen LogP contribution is 2.38. The van der Waals surface area contributed by atoms with E-state index in [2.05, 4.69) is 25.9 Å². The number of carbonyl (C=O) groups excluding carboxylic acids is 2. The van der Waals surface area contributed by atoms with E-state index in [4.69, 9.17) is 16.3 Å². The van der Waals surface area contributed by atoms with Gasteiger partial charge in [-0.05, 0) is 43.2 Å². The van der Waals surface area contributed by atoms with Crippen LogP contribution in [0.15, 0.2) is 52.2 Å². The highest BCUT2D eigenvalue weighted by molar-refractivity contribution is 6.30. The van der Waals surface area contributed by atoms with Gasteiger partial charge in [0.05, 0.1) is 41.4 Å². The summed E-state index contributed by atoms with van der Waals surface area (Å²) in [4.78, 5) is 55.4. The number of rotatable bonds is 7. The lowest BCUT2D eigenvalue weighted by atomic mass is 10.1. The Kier molecular flexibility index (Phi) is 6.94. The summed E-state index contributed by atoms with van der Waals surface area (Å²) in [5, 5.41) is 7.63. The number of nitrogens with one attached hydrogen (secondary N) is 5. The molecule has 0 bridgehead atoms. The predicted molar refractivity (Wildman–Crippen MR) is 125 cm³/mol. The number of pyridine rings is 1. The first kappa shape index (κ1) is 25.8. The van der Waals surface area contributed by atoms with Crippen LogP contribution in [0.1, 0.15) is 24.1 Å². The van der Waals surface area contributed by atoms with E-state index >= 15 is 0 Å². The number of benzene rings is 1. The van der Waals surface area contributed by atoms with E-state index in [1.165, 1.54) is 30.5 Å². The number of hydrogen-bond acceptors (Lipinski definition) is 7. The third kappa shape index (κ3) is 6.46. The topological polar surface area (TPSA) is 158 Å². The fraction of sp³-hybridized carbons (Fsp3) is 0.227. The van der Waals surface area contributed by atoms with E-state index in [-0.39, 0.29) is 28.8 Å². The lowest BCUT2D eigenvalue weighted by molar-refractivity contribution is -0.137. The van der Waals surface area contributed by atoms with Crippen molar-refractivity contribution in [2.24, 2.45) is 0 Å². The molecular formula is C22H18ClF3N6O5. The van der Waals surface area contributed by atoms with Crippen molar-refractivity contribution in [1.82, 2.24) is 25.6 Å². The second-order valence-corrected chi connectivity index (χ2v) is 8.52. The third-order valence-electron chi connectivity index (χ3n) is 5.29. The zero-order valence-electron chi connectivity index (χ0n) is 18.7. The molecule has 1 saturated carbocycles. The number of H-pyrrole nitrogens is 2. The molecule has 0 radical (unpaired) electrons. The molecule has 1 aliphatic rings. The molecule has 2 amide bonds. The zero-order valence-corrected chi connectivity index (χ0v) is 19.4. The number of alkyl halides is 3. The quantitative estimate of drug-likeness (QED) is 0.309. The first-order valence-corrected chi connectivity index (χ1v) is 11.0. The van der Waals surface area contributed by atoms with Crippen LogP contribution >= 0.6 is 11.6 Å². The van der Waals surface area contributed by atoms with Crippen molar-refractivity contribution in [3.63, 3.8) is 0 Å². The van der Waals surface area contributed by atoms with Gasteiger partial charge in [0.1, 0.15) is 5.54 Å². The molecule has 0 atom stereocenters. The van der Waals surface area contributed by atoms with E-state index in [0.29, 0.717) is 18.5 Å². The Hall–Kier alpha value is -4.33. The van der Waals surface area contributed by atoms with Gasteiger partial charge in [-0.3, -0.25) is 24.5 Å². The molecule has 5 N–H and O–H groups in total. The summed E-state index contributed by atoms with van der Waals surface area (Å²) >= 11 is 5.69. The second-order valence-electron chi connectivity index (χ2n) is 8.08. The molecule has 1 aromatic carbocycles. The van der Waals surface area contributed by atoms with Gasteiger partial charge < -0.3 is 20.7 Å². The molecule has 37 heavy (non-hydrogen) atoms. The normalized spacial score (nSPS) is 13.9. The molecule has 1 fully saturated rings. The average Bonchev–Trinajstić information content (AvgIpc) is 3.58. The fourth-order valence-corrected chi connectivity index (χ4v) is 3.49. The van der Waals surface area contributed by atoms with Gasteiger partial charge in [-0.25, -0.2) is 9.59 Å². The number of amides is 2. The molecule has 2 aromatic heterocycles. The van der Waals surface area contributed by atoms with E-state index in [1.54, 1.807) is 0 Å². The lowest BCUT2D eigenvalue weighted by Crippen LogP contribution is -2.49. The maximum absolute atomic E-state index is 13.3. The molecule has 4 rings (SSSR count). The number of halogens is 4. The zero-order chi connectivity index (χ0) is 26.8.